The van der Waals surface area contributed by atoms with Crippen LogP contribution in [0, 0.1) is 0 Å². The van der Waals surface area contributed by atoms with Crippen molar-refractivity contribution in [3.63, 3.8) is 0 Å². The third-order valence-corrected chi connectivity index (χ3v) is 3.49. The first kappa shape index (κ1) is 12.6. The molecule has 1 aliphatic carbocycles. The summed E-state index contributed by atoms with van der Waals surface area (Å²) < 4.78 is 0. The van der Waals surface area contributed by atoms with Crippen LogP contribution in [-0.2, 0) is 6.42 Å². The Morgan fingerprint density at radius 2 is 2.06 bits per heavy atom. The minimum Gasteiger partial charge on any atom is -0.395 e. The summed E-state index contributed by atoms with van der Waals surface area (Å²) in [5, 5.41) is 12.9. The first-order valence-corrected chi connectivity index (χ1v) is 6.44. The van der Waals surface area contributed by atoms with Crippen LogP contribution in [0.1, 0.15) is 24.8 Å². The second kappa shape index (κ2) is 6.15. The van der Waals surface area contributed by atoms with Crippen LogP contribution in [0.4, 0.5) is 0 Å². The second-order valence-corrected chi connectivity index (χ2v) is 5.01. The molecule has 1 aliphatic rings. The van der Waals surface area contributed by atoms with Gasteiger partial charge in [0.1, 0.15) is 0 Å². The Labute approximate surface area is 103 Å². The number of benzene rings is 1. The van der Waals surface area contributed by atoms with Gasteiger partial charge in [-0.25, -0.2) is 0 Å². The molecule has 17 heavy (non-hydrogen) atoms. The van der Waals surface area contributed by atoms with Crippen molar-refractivity contribution in [3.05, 3.63) is 35.9 Å². The normalized spacial score (nSPS) is 26.0. The van der Waals surface area contributed by atoms with Crippen LogP contribution in [0.15, 0.2) is 30.3 Å². The van der Waals surface area contributed by atoms with Gasteiger partial charge in [0.05, 0.1) is 6.61 Å². The van der Waals surface area contributed by atoms with Gasteiger partial charge in [-0.1, -0.05) is 30.3 Å². The lowest BCUT2D eigenvalue weighted by molar-refractivity contribution is 0.230. The minimum atomic E-state index is 0.146. The van der Waals surface area contributed by atoms with Gasteiger partial charge in [0, 0.05) is 18.1 Å². The molecule has 0 bridgehead atoms. The first-order chi connectivity index (χ1) is 8.28. The standard InChI is InChI=1S/C14H22N2O/c15-12-6-7-13(9-12)16-14(10-17)8-11-4-2-1-3-5-11/h1-5,12-14,16-17H,6-10,15H2/t12?,13?,14-/m1/s1. The average Bonchev–Trinajstić information content (AvgIpc) is 2.75. The van der Waals surface area contributed by atoms with Crippen LogP contribution in [0.2, 0.25) is 0 Å². The molecule has 2 rings (SSSR count). The molecular formula is C14H22N2O. The predicted molar refractivity (Wildman–Crippen MR) is 69.8 cm³/mol. The SMILES string of the molecule is NC1CCC(N[C@@H](CO)Cc2ccccc2)C1. The Morgan fingerprint density at radius 3 is 2.65 bits per heavy atom. The molecule has 94 valence electrons. The lowest BCUT2D eigenvalue weighted by atomic mass is 10.1. The monoisotopic (exact) mass is 234 g/mol. The molecule has 0 heterocycles. The van der Waals surface area contributed by atoms with Gasteiger partial charge >= 0.3 is 0 Å². The van der Waals surface area contributed by atoms with Crippen LogP contribution in [0.5, 0.6) is 0 Å². The zero-order chi connectivity index (χ0) is 12.1. The smallest absolute Gasteiger partial charge is 0.0587 e. The van der Waals surface area contributed by atoms with Crippen molar-refractivity contribution in [1.82, 2.24) is 5.32 Å². The van der Waals surface area contributed by atoms with E-state index in [1.54, 1.807) is 0 Å². The average molecular weight is 234 g/mol. The second-order valence-electron chi connectivity index (χ2n) is 5.01. The largest absolute Gasteiger partial charge is 0.395 e. The van der Waals surface area contributed by atoms with Gasteiger partial charge in [-0.3, -0.25) is 0 Å². The van der Waals surface area contributed by atoms with Crippen LogP contribution in [0.3, 0.4) is 0 Å². The summed E-state index contributed by atoms with van der Waals surface area (Å²) in [5.74, 6) is 0. The van der Waals surface area contributed by atoms with Crippen molar-refractivity contribution in [2.75, 3.05) is 6.61 Å². The Bertz CT molecular complexity index is 328. The van der Waals surface area contributed by atoms with Gasteiger partial charge in [-0.15, -0.1) is 0 Å². The van der Waals surface area contributed by atoms with Crippen molar-refractivity contribution >= 4 is 0 Å². The van der Waals surface area contributed by atoms with Crippen LogP contribution < -0.4 is 11.1 Å². The van der Waals surface area contributed by atoms with Gasteiger partial charge in [0.15, 0.2) is 0 Å². The molecule has 3 nitrogen and oxygen atoms in total. The molecule has 0 aromatic heterocycles. The molecular weight excluding hydrogens is 212 g/mol. The Morgan fingerprint density at radius 1 is 1.29 bits per heavy atom. The topological polar surface area (TPSA) is 58.3 Å². The highest BCUT2D eigenvalue weighted by Gasteiger charge is 2.23. The molecule has 2 unspecified atom stereocenters. The molecule has 4 N–H and O–H groups in total. The van der Waals surface area contributed by atoms with Gasteiger partial charge in [-0.05, 0) is 31.2 Å². The van der Waals surface area contributed by atoms with Crippen molar-refractivity contribution in [3.8, 4) is 0 Å². The third-order valence-electron chi connectivity index (χ3n) is 3.49. The van der Waals surface area contributed by atoms with E-state index < -0.39 is 0 Å². The summed E-state index contributed by atoms with van der Waals surface area (Å²) in [4.78, 5) is 0. The fourth-order valence-corrected chi connectivity index (χ4v) is 2.58. The summed E-state index contributed by atoms with van der Waals surface area (Å²) in [5.41, 5.74) is 7.16. The van der Waals surface area contributed by atoms with Crippen LogP contribution >= 0.6 is 0 Å². The predicted octanol–water partition coefficient (Wildman–Crippen LogP) is 1.06. The van der Waals surface area contributed by atoms with Gasteiger partial charge in [0.2, 0.25) is 0 Å². The molecule has 1 fully saturated rings. The summed E-state index contributed by atoms with van der Waals surface area (Å²) in [6, 6.07) is 11.3. The van der Waals surface area contributed by atoms with Crippen molar-refractivity contribution in [1.29, 1.82) is 0 Å². The van der Waals surface area contributed by atoms with Crippen molar-refractivity contribution in [2.45, 2.75) is 43.8 Å². The molecule has 1 aromatic rings. The molecule has 0 amide bonds. The Hall–Kier alpha value is -0.900. The van der Waals surface area contributed by atoms with Crippen LogP contribution in [0.25, 0.3) is 0 Å². The van der Waals surface area contributed by atoms with Crippen molar-refractivity contribution < 1.29 is 5.11 Å². The van der Waals surface area contributed by atoms with Crippen molar-refractivity contribution in [2.24, 2.45) is 5.73 Å². The maximum absolute atomic E-state index is 9.42. The molecule has 0 spiro atoms. The molecule has 3 atom stereocenters. The fraction of sp³-hybridized carbons (Fsp3) is 0.571. The van der Waals surface area contributed by atoms with E-state index in [-0.39, 0.29) is 12.6 Å². The van der Waals surface area contributed by atoms with E-state index in [0.29, 0.717) is 12.1 Å². The fourth-order valence-electron chi connectivity index (χ4n) is 2.58. The molecule has 3 heteroatoms. The summed E-state index contributed by atoms with van der Waals surface area (Å²) >= 11 is 0. The summed E-state index contributed by atoms with van der Waals surface area (Å²) in [6.45, 7) is 0.181. The number of hydrogen-bond acceptors (Lipinski definition) is 3. The Balaban J connectivity index is 1.85. The lowest BCUT2D eigenvalue weighted by Crippen LogP contribution is -2.41. The van der Waals surface area contributed by atoms with Gasteiger partial charge < -0.3 is 16.2 Å². The molecule has 0 saturated heterocycles. The molecule has 1 saturated carbocycles. The Kier molecular flexibility index (Phi) is 4.54. The van der Waals surface area contributed by atoms with Gasteiger partial charge in [-0.2, -0.15) is 0 Å². The molecule has 0 aliphatic heterocycles. The maximum Gasteiger partial charge on any atom is 0.0587 e. The highest BCUT2D eigenvalue weighted by atomic mass is 16.3. The van der Waals surface area contributed by atoms with E-state index in [9.17, 15) is 5.11 Å². The maximum atomic E-state index is 9.42. The van der Waals surface area contributed by atoms with E-state index in [4.69, 9.17) is 5.73 Å². The zero-order valence-corrected chi connectivity index (χ0v) is 10.2. The molecule has 1 aromatic carbocycles. The number of rotatable bonds is 5. The number of nitrogens with two attached hydrogens (primary N) is 1. The summed E-state index contributed by atoms with van der Waals surface area (Å²) in [6.07, 6.45) is 4.14. The number of nitrogens with one attached hydrogen (secondary N) is 1. The molecule has 0 radical (unpaired) electrons. The van der Waals surface area contributed by atoms with E-state index in [2.05, 4.69) is 17.4 Å². The zero-order valence-electron chi connectivity index (χ0n) is 10.2. The number of hydrogen-bond donors (Lipinski definition) is 3. The number of aliphatic hydroxyl groups is 1. The van der Waals surface area contributed by atoms with Gasteiger partial charge in [0.25, 0.3) is 0 Å². The van der Waals surface area contributed by atoms with Crippen LogP contribution in [-0.4, -0.2) is 29.8 Å². The number of aliphatic hydroxyl groups excluding tert-OH is 1. The summed E-state index contributed by atoms with van der Waals surface area (Å²) in [7, 11) is 0. The quantitative estimate of drug-likeness (QED) is 0.714. The van der Waals surface area contributed by atoms with E-state index >= 15 is 0 Å². The van der Waals surface area contributed by atoms with E-state index in [0.717, 1.165) is 25.7 Å². The third kappa shape index (κ3) is 3.80. The van der Waals surface area contributed by atoms with E-state index in [1.165, 1.54) is 5.56 Å². The highest BCUT2D eigenvalue weighted by Crippen LogP contribution is 2.18. The first-order valence-electron chi connectivity index (χ1n) is 6.44. The lowest BCUT2D eigenvalue weighted by Gasteiger charge is -2.21. The highest BCUT2D eigenvalue weighted by molar-refractivity contribution is 5.16. The minimum absolute atomic E-state index is 0.146. The van der Waals surface area contributed by atoms with E-state index in [1.807, 2.05) is 18.2 Å².